The molecule has 1 saturated heterocycles. The van der Waals surface area contributed by atoms with Gasteiger partial charge in [0.1, 0.15) is 25.0 Å². The second-order valence-corrected chi connectivity index (χ2v) is 12.5. The van der Waals surface area contributed by atoms with E-state index in [9.17, 15) is 32.7 Å². The number of nitrogens with one attached hydrogen (secondary N) is 2. The zero-order valence-corrected chi connectivity index (χ0v) is 29.7. The SMILES string of the molecule is CN.Cc1ncnc(C(=O)N2CCC(CCc3cc(=O)n(CC(=O)Nc4ccc(C(F)(F)F)cc4Cl)[nH]c(C4=CCOCC4)ncn3)CC2C)c1O. The van der Waals surface area contributed by atoms with E-state index in [1.165, 1.54) is 25.8 Å². The highest BCUT2D eigenvalue weighted by Gasteiger charge is 2.32. The Hall–Kier alpha value is -4.87. The van der Waals surface area contributed by atoms with Crippen molar-refractivity contribution in [1.82, 2.24) is 34.6 Å². The van der Waals surface area contributed by atoms with Gasteiger partial charge in [-0.3, -0.25) is 19.5 Å². The van der Waals surface area contributed by atoms with Crippen molar-refractivity contribution in [2.75, 3.05) is 32.1 Å². The zero-order valence-electron chi connectivity index (χ0n) is 28.9. The molecule has 0 radical (unpaired) electrons. The number of halogens is 4. The van der Waals surface area contributed by atoms with Crippen molar-refractivity contribution in [3.05, 3.63) is 86.8 Å². The van der Waals surface area contributed by atoms with Crippen LogP contribution in [0.1, 0.15) is 65.9 Å². The molecule has 18 heteroatoms. The fraction of sp³-hybridized carbons (Fsp3) is 0.441. The van der Waals surface area contributed by atoms with E-state index in [0.29, 0.717) is 69.3 Å². The first-order chi connectivity index (χ1) is 24.8. The highest BCUT2D eigenvalue weighted by Crippen LogP contribution is 2.34. The molecule has 4 heterocycles. The Morgan fingerprint density at radius 3 is 2.58 bits per heavy atom. The van der Waals surface area contributed by atoms with Crippen LogP contribution in [0.3, 0.4) is 0 Å². The first-order valence-corrected chi connectivity index (χ1v) is 16.9. The Morgan fingerprint density at radius 2 is 1.90 bits per heavy atom. The average molecular weight is 748 g/mol. The Labute approximate surface area is 302 Å². The molecule has 0 spiro atoms. The maximum absolute atomic E-state index is 13.6. The van der Waals surface area contributed by atoms with Gasteiger partial charge in [0.15, 0.2) is 11.4 Å². The number of piperidine rings is 1. The quantitative estimate of drug-likeness (QED) is 0.256. The van der Waals surface area contributed by atoms with Gasteiger partial charge in [0.2, 0.25) is 5.91 Å². The van der Waals surface area contributed by atoms with Gasteiger partial charge < -0.3 is 25.8 Å². The summed E-state index contributed by atoms with van der Waals surface area (Å²) in [4.78, 5) is 58.3. The molecule has 1 aromatic carbocycles. The lowest BCUT2D eigenvalue weighted by molar-refractivity contribution is -0.137. The number of aromatic hydroxyl groups is 1. The monoisotopic (exact) mass is 747 g/mol. The van der Waals surface area contributed by atoms with Crippen LogP contribution >= 0.6 is 11.6 Å². The molecule has 14 nitrogen and oxygen atoms in total. The van der Waals surface area contributed by atoms with E-state index in [1.54, 1.807) is 17.9 Å². The minimum atomic E-state index is -4.61. The fourth-order valence-corrected chi connectivity index (χ4v) is 6.08. The van der Waals surface area contributed by atoms with E-state index >= 15 is 0 Å². The third kappa shape index (κ3) is 10.4. The van der Waals surface area contributed by atoms with E-state index in [-0.39, 0.29) is 45.8 Å². The molecule has 2 aliphatic rings. The summed E-state index contributed by atoms with van der Waals surface area (Å²) in [6, 6.07) is 3.73. The van der Waals surface area contributed by atoms with Crippen molar-refractivity contribution < 1.29 is 32.6 Å². The number of carbonyl (C=O) groups excluding carboxylic acids is 2. The molecule has 2 atom stereocenters. The molecule has 2 aromatic heterocycles. The molecule has 280 valence electrons. The minimum absolute atomic E-state index is 0.0304. The molecular formula is C34H41ClF3N9O5. The lowest BCUT2D eigenvalue weighted by Gasteiger charge is -2.37. The lowest BCUT2D eigenvalue weighted by Crippen LogP contribution is -2.45. The highest BCUT2D eigenvalue weighted by molar-refractivity contribution is 6.33. The summed E-state index contributed by atoms with van der Waals surface area (Å²) >= 11 is 6.03. The van der Waals surface area contributed by atoms with Crippen LogP contribution in [0, 0.1) is 12.8 Å². The zero-order chi connectivity index (χ0) is 38.0. The lowest BCUT2D eigenvalue weighted by atomic mass is 9.87. The Bertz CT molecular complexity index is 1900. The van der Waals surface area contributed by atoms with E-state index in [2.05, 4.69) is 36.1 Å². The first-order valence-electron chi connectivity index (χ1n) is 16.5. The number of aromatic nitrogens is 6. The number of nitrogens with zero attached hydrogens (tertiary/aromatic N) is 6. The van der Waals surface area contributed by atoms with Gasteiger partial charge in [-0.25, -0.2) is 24.6 Å². The normalized spacial score (nSPS) is 17.3. The number of hydrogen-bond donors (Lipinski definition) is 4. The van der Waals surface area contributed by atoms with Crippen LogP contribution in [0.4, 0.5) is 18.9 Å². The summed E-state index contributed by atoms with van der Waals surface area (Å²) < 4.78 is 45.7. The molecule has 0 saturated carbocycles. The summed E-state index contributed by atoms with van der Waals surface area (Å²) in [5.74, 6) is -0.822. The van der Waals surface area contributed by atoms with Crippen molar-refractivity contribution in [3.8, 4) is 5.75 Å². The molecule has 2 aliphatic heterocycles. The molecule has 52 heavy (non-hydrogen) atoms. The van der Waals surface area contributed by atoms with Crippen LogP contribution in [-0.2, 0) is 28.7 Å². The summed E-state index contributed by atoms with van der Waals surface area (Å²) in [5, 5.41) is 15.4. The molecule has 0 aliphatic carbocycles. The molecular weight excluding hydrogens is 707 g/mol. The number of alkyl halides is 3. The number of rotatable bonds is 8. The predicted molar refractivity (Wildman–Crippen MR) is 187 cm³/mol. The summed E-state index contributed by atoms with van der Waals surface area (Å²) in [7, 11) is 1.50. The standard InChI is InChI=1S/C33H36ClF3N8O5.CH5N/c1-19-13-21(7-10-44(19)32(49)29-30(48)20(2)38-17-40-29)3-5-24-15-28(47)45(43-31(41-18-39-24)22-8-11-50-12-9-22)16-27(46)42-26-6-4-23(14-25(26)34)33(35,36)37;1-2/h4,6,8,14-15,17-19,21,48H,3,5,7,9-13,16H2,1-2H3,(H,42,46)(H,39,41,43);2H2,1H3. The number of amides is 2. The molecule has 0 bridgehead atoms. The van der Waals surface area contributed by atoms with E-state index in [0.717, 1.165) is 22.4 Å². The second kappa shape index (κ2) is 18.1. The van der Waals surface area contributed by atoms with Gasteiger partial charge in [-0.05, 0) is 82.7 Å². The Kier molecular flexibility index (Phi) is 13.9. The Morgan fingerprint density at radius 1 is 1.15 bits per heavy atom. The third-order valence-electron chi connectivity index (χ3n) is 8.61. The Balaban J connectivity index is 0.00000297. The number of likely N-dealkylation sites (tertiary alicyclic amines) is 1. The number of hydrogen-bond acceptors (Lipinski definition) is 10. The van der Waals surface area contributed by atoms with Gasteiger partial charge in [0.25, 0.3) is 11.5 Å². The van der Waals surface area contributed by atoms with E-state index in [4.69, 9.17) is 16.3 Å². The number of aromatic amines is 1. The largest absolute Gasteiger partial charge is 0.504 e. The predicted octanol–water partition coefficient (Wildman–Crippen LogP) is 4.46. The van der Waals surface area contributed by atoms with Gasteiger partial charge in [-0.1, -0.05) is 17.7 Å². The minimum Gasteiger partial charge on any atom is -0.504 e. The van der Waals surface area contributed by atoms with Gasteiger partial charge >= 0.3 is 6.18 Å². The van der Waals surface area contributed by atoms with Crippen LogP contribution in [0.5, 0.6) is 5.75 Å². The number of aryl methyl sites for hydroxylation is 2. The van der Waals surface area contributed by atoms with Gasteiger partial charge in [-0.15, -0.1) is 0 Å². The summed E-state index contributed by atoms with van der Waals surface area (Å²) in [5.41, 5.74) is 4.35. The van der Waals surface area contributed by atoms with Gasteiger partial charge in [0, 0.05) is 24.3 Å². The molecule has 1 fully saturated rings. The van der Waals surface area contributed by atoms with Gasteiger partial charge in [-0.2, -0.15) is 13.2 Å². The number of anilines is 1. The molecule has 2 amide bonds. The smallest absolute Gasteiger partial charge is 0.416 e. The number of carbonyl (C=O) groups is 2. The van der Waals surface area contributed by atoms with Crippen LogP contribution in [-0.4, -0.2) is 84.4 Å². The van der Waals surface area contributed by atoms with E-state index in [1.807, 2.05) is 6.92 Å². The number of H-pyrrole nitrogens is 1. The molecule has 3 aromatic rings. The van der Waals surface area contributed by atoms with Crippen molar-refractivity contribution in [1.29, 1.82) is 0 Å². The van der Waals surface area contributed by atoms with Crippen molar-refractivity contribution >= 4 is 34.7 Å². The van der Waals surface area contributed by atoms with Crippen LogP contribution in [0.2, 0.25) is 5.02 Å². The number of ether oxygens (including phenoxy) is 1. The molecule has 5 rings (SSSR count). The second-order valence-electron chi connectivity index (χ2n) is 12.1. The van der Waals surface area contributed by atoms with Crippen molar-refractivity contribution in [3.63, 3.8) is 0 Å². The highest BCUT2D eigenvalue weighted by atomic mass is 35.5. The van der Waals surface area contributed by atoms with Crippen LogP contribution in [0.25, 0.3) is 5.57 Å². The third-order valence-corrected chi connectivity index (χ3v) is 8.92. The van der Waals surface area contributed by atoms with Crippen LogP contribution < -0.4 is 16.6 Å². The average Bonchev–Trinajstić information content (AvgIpc) is 3.19. The maximum atomic E-state index is 13.6. The van der Waals surface area contributed by atoms with Crippen molar-refractivity contribution in [2.45, 2.75) is 64.7 Å². The number of benzene rings is 1. The van der Waals surface area contributed by atoms with E-state index < -0.39 is 29.8 Å². The topological polar surface area (TPSA) is 194 Å². The summed E-state index contributed by atoms with van der Waals surface area (Å²) in [6.45, 7) is 4.21. The van der Waals surface area contributed by atoms with Gasteiger partial charge in [0.05, 0.1) is 35.2 Å². The number of nitrogens with two attached hydrogens (primary N) is 1. The van der Waals surface area contributed by atoms with Crippen molar-refractivity contribution in [2.24, 2.45) is 11.7 Å². The van der Waals surface area contributed by atoms with Crippen LogP contribution in [0.15, 0.2) is 47.8 Å². The fourth-order valence-electron chi connectivity index (χ4n) is 5.85. The maximum Gasteiger partial charge on any atom is 0.416 e. The first kappa shape index (κ1) is 39.9. The molecule has 5 N–H and O–H groups in total. The molecule has 2 unspecified atom stereocenters. The summed E-state index contributed by atoms with van der Waals surface area (Å²) in [6.07, 6.45) is 2.69.